The molecule has 0 aliphatic rings. The summed E-state index contributed by atoms with van der Waals surface area (Å²) >= 11 is 0. The Hall–Kier alpha value is -2.51. The van der Waals surface area contributed by atoms with Crippen molar-refractivity contribution in [3.63, 3.8) is 0 Å². The number of imidazole rings is 1. The minimum atomic E-state index is 0.149. The van der Waals surface area contributed by atoms with Crippen LogP contribution in [0.4, 0.5) is 0 Å². The maximum atomic E-state index is 8.06. The van der Waals surface area contributed by atoms with Crippen LogP contribution in [0.1, 0.15) is 5.69 Å². The van der Waals surface area contributed by atoms with Gasteiger partial charge < -0.3 is 0 Å². The Balaban J connectivity index is 2.35. The van der Waals surface area contributed by atoms with Crippen LogP contribution in [0.15, 0.2) is 29.6 Å². The molecule has 0 radical (unpaired) electrons. The Morgan fingerprint density at radius 3 is 3.40 bits per heavy atom. The van der Waals surface area contributed by atoms with Gasteiger partial charge >= 0.3 is 0 Å². The summed E-state index contributed by atoms with van der Waals surface area (Å²) in [5.74, 6) is 5.54. The maximum Gasteiger partial charge on any atom is 0.154 e. The normalized spacial score (nSPS) is 9.07. The number of azide groups is 1. The van der Waals surface area contributed by atoms with Crippen molar-refractivity contribution in [3.05, 3.63) is 40.7 Å². The first-order chi connectivity index (χ1) is 7.42. The molecular formula is C9H6N6. The van der Waals surface area contributed by atoms with Crippen molar-refractivity contribution in [3.8, 4) is 11.8 Å². The highest BCUT2D eigenvalue weighted by molar-refractivity contribution is 5.42. The average Bonchev–Trinajstić information content (AvgIpc) is 2.68. The highest BCUT2D eigenvalue weighted by Gasteiger charge is 1.98. The van der Waals surface area contributed by atoms with Crippen LogP contribution in [0.3, 0.4) is 0 Å². The van der Waals surface area contributed by atoms with Crippen LogP contribution in [0, 0.1) is 11.8 Å². The van der Waals surface area contributed by atoms with E-state index in [-0.39, 0.29) is 6.54 Å². The van der Waals surface area contributed by atoms with E-state index in [1.165, 1.54) is 0 Å². The van der Waals surface area contributed by atoms with Gasteiger partial charge in [0.15, 0.2) is 5.65 Å². The predicted octanol–water partition coefficient (Wildman–Crippen LogP) is 1.39. The molecule has 15 heavy (non-hydrogen) atoms. The second-order valence-corrected chi connectivity index (χ2v) is 2.63. The monoisotopic (exact) mass is 198 g/mol. The molecule has 72 valence electrons. The van der Waals surface area contributed by atoms with Crippen LogP contribution in [0.2, 0.25) is 0 Å². The largest absolute Gasteiger partial charge is 0.234 e. The van der Waals surface area contributed by atoms with Crippen LogP contribution in [-0.4, -0.2) is 21.1 Å². The minimum absolute atomic E-state index is 0.149. The zero-order valence-electron chi connectivity index (χ0n) is 7.70. The van der Waals surface area contributed by atoms with Crippen molar-refractivity contribution in [2.24, 2.45) is 5.11 Å². The van der Waals surface area contributed by atoms with Gasteiger partial charge in [0, 0.05) is 11.1 Å². The summed E-state index contributed by atoms with van der Waals surface area (Å²) in [6.07, 6.45) is 3.29. The number of hydrogen-bond acceptors (Lipinski definition) is 3. The Morgan fingerprint density at radius 2 is 2.53 bits per heavy atom. The van der Waals surface area contributed by atoms with Gasteiger partial charge in [0.05, 0.1) is 12.7 Å². The van der Waals surface area contributed by atoms with Gasteiger partial charge in [0.25, 0.3) is 0 Å². The van der Waals surface area contributed by atoms with E-state index in [9.17, 15) is 0 Å². The zero-order chi connectivity index (χ0) is 10.5. The van der Waals surface area contributed by atoms with Crippen LogP contribution in [0.5, 0.6) is 0 Å². The highest BCUT2D eigenvalue weighted by Crippen LogP contribution is 2.01. The topological polar surface area (TPSA) is 79.0 Å². The van der Waals surface area contributed by atoms with E-state index < -0.39 is 0 Å². The van der Waals surface area contributed by atoms with Crippen molar-refractivity contribution in [1.29, 1.82) is 0 Å². The first kappa shape index (κ1) is 9.06. The number of nitrogens with zero attached hydrogens (tertiary/aromatic N) is 6. The molecule has 0 spiro atoms. The number of aromatic nitrogens is 3. The summed E-state index contributed by atoms with van der Waals surface area (Å²) in [6.45, 7) is 0.149. The lowest BCUT2D eigenvalue weighted by atomic mass is 10.4. The van der Waals surface area contributed by atoms with E-state index in [0.717, 1.165) is 5.65 Å². The first-order valence-electron chi connectivity index (χ1n) is 4.20. The molecular weight excluding hydrogens is 192 g/mol. The van der Waals surface area contributed by atoms with Crippen LogP contribution in [0.25, 0.3) is 16.1 Å². The summed E-state index contributed by atoms with van der Waals surface area (Å²) in [6, 6.07) is 3.64. The smallest absolute Gasteiger partial charge is 0.154 e. The van der Waals surface area contributed by atoms with E-state index in [1.807, 2.05) is 6.07 Å². The van der Waals surface area contributed by atoms with E-state index >= 15 is 0 Å². The molecule has 0 aliphatic carbocycles. The summed E-state index contributed by atoms with van der Waals surface area (Å²) in [4.78, 5) is 6.71. The number of fused-ring (bicyclic) bond motifs is 1. The highest BCUT2D eigenvalue weighted by atomic mass is 15.2. The third-order valence-electron chi connectivity index (χ3n) is 1.71. The van der Waals surface area contributed by atoms with Crippen LogP contribution < -0.4 is 0 Å². The SMILES string of the molecule is [N-]=[N+]=NCC#Cc1cnc2cccnn12. The van der Waals surface area contributed by atoms with Crippen molar-refractivity contribution in [2.75, 3.05) is 6.54 Å². The standard InChI is InChI=1S/C9H6N6/c10-14-12-5-1-3-8-7-11-9-4-2-6-13-15(8)9/h2,4,6-7H,5H2. The molecule has 0 aliphatic heterocycles. The van der Waals surface area contributed by atoms with E-state index in [1.54, 1.807) is 23.0 Å². The molecule has 0 fully saturated rings. The number of rotatable bonds is 1. The van der Waals surface area contributed by atoms with Crippen molar-refractivity contribution in [2.45, 2.75) is 0 Å². The predicted molar refractivity (Wildman–Crippen MR) is 53.9 cm³/mol. The van der Waals surface area contributed by atoms with Gasteiger partial charge in [0.1, 0.15) is 5.69 Å². The van der Waals surface area contributed by atoms with Crippen molar-refractivity contribution >= 4 is 5.65 Å². The average molecular weight is 198 g/mol. The van der Waals surface area contributed by atoms with Gasteiger partial charge in [-0.25, -0.2) is 9.50 Å². The van der Waals surface area contributed by atoms with Crippen molar-refractivity contribution < 1.29 is 0 Å². The van der Waals surface area contributed by atoms with Gasteiger partial charge in [0.2, 0.25) is 0 Å². The van der Waals surface area contributed by atoms with E-state index in [2.05, 4.69) is 31.9 Å². The fraction of sp³-hybridized carbons (Fsp3) is 0.111. The molecule has 2 aromatic rings. The number of hydrogen-bond donors (Lipinski definition) is 0. The Labute approximate surface area is 85.2 Å². The van der Waals surface area contributed by atoms with Gasteiger partial charge in [-0.2, -0.15) is 5.10 Å². The molecule has 2 aromatic heterocycles. The minimum Gasteiger partial charge on any atom is -0.234 e. The quantitative estimate of drug-likeness (QED) is 0.300. The van der Waals surface area contributed by atoms with Crippen molar-refractivity contribution in [1.82, 2.24) is 14.6 Å². The summed E-state index contributed by atoms with van der Waals surface area (Å²) < 4.78 is 1.63. The Bertz CT molecular complexity index is 581. The third kappa shape index (κ3) is 1.88. The van der Waals surface area contributed by atoms with Crippen LogP contribution in [-0.2, 0) is 0 Å². The molecule has 6 heteroatoms. The third-order valence-corrected chi connectivity index (χ3v) is 1.71. The fourth-order valence-electron chi connectivity index (χ4n) is 1.11. The molecule has 2 heterocycles. The lowest BCUT2D eigenvalue weighted by Crippen LogP contribution is -1.92. The molecule has 0 aromatic carbocycles. The summed E-state index contributed by atoms with van der Waals surface area (Å²) in [7, 11) is 0. The molecule has 0 bridgehead atoms. The fourth-order valence-corrected chi connectivity index (χ4v) is 1.11. The molecule has 0 unspecified atom stereocenters. The summed E-state index contributed by atoms with van der Waals surface area (Å²) in [5.41, 5.74) is 9.48. The summed E-state index contributed by atoms with van der Waals surface area (Å²) in [5, 5.41) is 7.40. The molecule has 0 atom stereocenters. The zero-order valence-corrected chi connectivity index (χ0v) is 7.70. The molecule has 6 nitrogen and oxygen atoms in total. The van der Waals surface area contributed by atoms with Gasteiger partial charge in [-0.1, -0.05) is 11.0 Å². The van der Waals surface area contributed by atoms with E-state index in [4.69, 9.17) is 5.53 Å². The van der Waals surface area contributed by atoms with Gasteiger partial charge in [-0.15, -0.1) is 0 Å². The molecule has 0 saturated heterocycles. The maximum absolute atomic E-state index is 8.06. The lowest BCUT2D eigenvalue weighted by Gasteiger charge is -1.90. The van der Waals surface area contributed by atoms with Gasteiger partial charge in [-0.05, 0) is 23.6 Å². The lowest BCUT2D eigenvalue weighted by molar-refractivity contribution is 0.923. The van der Waals surface area contributed by atoms with Gasteiger partial charge in [-0.3, -0.25) is 0 Å². The molecule has 0 saturated carbocycles. The van der Waals surface area contributed by atoms with Crippen LogP contribution >= 0.6 is 0 Å². The Kier molecular flexibility index (Phi) is 2.50. The molecule has 0 N–H and O–H groups in total. The second kappa shape index (κ2) is 4.13. The first-order valence-corrected chi connectivity index (χ1v) is 4.20. The Morgan fingerprint density at radius 1 is 1.60 bits per heavy atom. The second-order valence-electron chi connectivity index (χ2n) is 2.63. The van der Waals surface area contributed by atoms with E-state index in [0.29, 0.717) is 5.69 Å². The molecule has 0 amide bonds. The molecule has 2 rings (SSSR count).